The first-order valence-corrected chi connectivity index (χ1v) is 2.54. The highest BCUT2D eigenvalue weighted by Crippen LogP contribution is 1.97. The van der Waals surface area contributed by atoms with E-state index in [0.717, 1.165) is 6.42 Å². The number of carbonyl (C=O) groups is 1. The van der Waals surface area contributed by atoms with E-state index in [1.165, 1.54) is 0 Å². The van der Waals surface area contributed by atoms with E-state index in [4.69, 9.17) is 0 Å². The second-order valence-corrected chi connectivity index (χ2v) is 2.02. The summed E-state index contributed by atoms with van der Waals surface area (Å²) in [4.78, 5) is 10.4. The summed E-state index contributed by atoms with van der Waals surface area (Å²) in [7, 11) is 0. The Kier molecular flexibility index (Phi) is 3.02. The highest BCUT2D eigenvalue weighted by molar-refractivity contribution is 5.85. The molecular weight excluding hydrogens is 126 g/mol. The number of ketones is 1. The third-order valence-electron chi connectivity index (χ3n) is 1.18. The number of carbonyl (C=O) groups excluding carboxylic acids is 1. The molecule has 0 aliphatic carbocycles. The maximum atomic E-state index is 10.4. The van der Waals surface area contributed by atoms with Crippen molar-refractivity contribution in [2.45, 2.75) is 19.4 Å². The summed E-state index contributed by atoms with van der Waals surface area (Å²) in [5.74, 6) is 0.340. The second kappa shape index (κ2) is 3.05. The van der Waals surface area contributed by atoms with E-state index in [0.29, 0.717) is 18.4 Å². The van der Waals surface area contributed by atoms with Crippen LogP contribution in [0.1, 0.15) is 13.3 Å². The SMILES string of the molecule is C[C@H]1CC(=O)CN1.Cl. The summed E-state index contributed by atoms with van der Waals surface area (Å²) in [6, 6.07) is 0.424. The number of Topliss-reactive ketones (excluding diaryl/α,β-unsaturated/α-hetero) is 1. The molecule has 1 saturated heterocycles. The minimum atomic E-state index is 0. The summed E-state index contributed by atoms with van der Waals surface area (Å²) in [5, 5.41) is 3.02. The van der Waals surface area contributed by atoms with Crippen LogP contribution in [0.5, 0.6) is 0 Å². The lowest BCUT2D eigenvalue weighted by atomic mass is 10.2. The van der Waals surface area contributed by atoms with Crippen molar-refractivity contribution < 1.29 is 4.79 Å². The van der Waals surface area contributed by atoms with Crippen molar-refractivity contribution in [1.29, 1.82) is 0 Å². The van der Waals surface area contributed by atoms with Gasteiger partial charge in [-0.15, -0.1) is 12.4 Å². The van der Waals surface area contributed by atoms with Crippen molar-refractivity contribution in [1.82, 2.24) is 5.32 Å². The van der Waals surface area contributed by atoms with E-state index < -0.39 is 0 Å². The van der Waals surface area contributed by atoms with Crippen LogP contribution in [0.2, 0.25) is 0 Å². The van der Waals surface area contributed by atoms with E-state index in [1.54, 1.807) is 0 Å². The van der Waals surface area contributed by atoms with Crippen molar-refractivity contribution in [3.8, 4) is 0 Å². The Bertz CT molecular complexity index is 94.4. The minimum Gasteiger partial charge on any atom is -0.307 e. The first-order chi connectivity index (χ1) is 3.29. The molecular formula is C5H10ClNO. The molecule has 1 rings (SSSR count). The van der Waals surface area contributed by atoms with E-state index in [9.17, 15) is 4.79 Å². The van der Waals surface area contributed by atoms with E-state index in [1.807, 2.05) is 6.92 Å². The first-order valence-electron chi connectivity index (χ1n) is 2.54. The van der Waals surface area contributed by atoms with Crippen LogP contribution in [0.4, 0.5) is 0 Å². The van der Waals surface area contributed by atoms with Crippen LogP contribution in [0.3, 0.4) is 0 Å². The molecule has 1 aliphatic rings. The van der Waals surface area contributed by atoms with Crippen LogP contribution in [0.25, 0.3) is 0 Å². The Morgan fingerprint density at radius 3 is 2.50 bits per heavy atom. The molecule has 1 N–H and O–H groups in total. The molecule has 0 saturated carbocycles. The third kappa shape index (κ3) is 1.80. The van der Waals surface area contributed by atoms with Gasteiger partial charge >= 0.3 is 0 Å². The molecule has 1 heterocycles. The normalized spacial score (nSPS) is 27.6. The van der Waals surface area contributed by atoms with Gasteiger partial charge in [-0.3, -0.25) is 4.79 Å². The highest BCUT2D eigenvalue weighted by Gasteiger charge is 2.15. The molecule has 0 aromatic carbocycles. The van der Waals surface area contributed by atoms with E-state index >= 15 is 0 Å². The predicted octanol–water partition coefficient (Wildman–Crippen LogP) is 0.359. The average Bonchev–Trinajstić information content (AvgIpc) is 1.87. The van der Waals surface area contributed by atoms with Crippen LogP contribution in [-0.4, -0.2) is 18.4 Å². The lowest BCUT2D eigenvalue weighted by Crippen LogP contribution is -2.16. The van der Waals surface area contributed by atoms with Gasteiger partial charge in [-0.05, 0) is 6.92 Å². The number of hydrogen-bond acceptors (Lipinski definition) is 2. The van der Waals surface area contributed by atoms with Crippen molar-refractivity contribution in [2.75, 3.05) is 6.54 Å². The number of nitrogens with one attached hydrogen (secondary N) is 1. The largest absolute Gasteiger partial charge is 0.307 e. The molecule has 2 nitrogen and oxygen atoms in total. The van der Waals surface area contributed by atoms with Crippen LogP contribution in [0.15, 0.2) is 0 Å². The highest BCUT2D eigenvalue weighted by atomic mass is 35.5. The van der Waals surface area contributed by atoms with Gasteiger partial charge in [0, 0.05) is 12.5 Å². The molecule has 0 aromatic heterocycles. The zero-order valence-corrected chi connectivity index (χ0v) is 5.62. The topological polar surface area (TPSA) is 29.1 Å². The Morgan fingerprint density at radius 2 is 2.38 bits per heavy atom. The molecule has 0 aromatic rings. The molecule has 1 aliphatic heterocycles. The maximum absolute atomic E-state index is 10.4. The number of hydrogen-bond donors (Lipinski definition) is 1. The van der Waals surface area contributed by atoms with E-state index in [2.05, 4.69) is 5.32 Å². The molecule has 48 valence electrons. The van der Waals surface area contributed by atoms with Crippen LogP contribution in [0, 0.1) is 0 Å². The molecule has 0 spiro atoms. The summed E-state index contributed by atoms with van der Waals surface area (Å²) >= 11 is 0. The van der Waals surface area contributed by atoms with Gasteiger partial charge in [-0.25, -0.2) is 0 Å². The molecule has 0 amide bonds. The summed E-state index contributed by atoms with van der Waals surface area (Å²) in [6.45, 7) is 2.60. The molecule has 0 bridgehead atoms. The van der Waals surface area contributed by atoms with Crippen LogP contribution in [-0.2, 0) is 4.79 Å². The van der Waals surface area contributed by atoms with Gasteiger partial charge in [0.15, 0.2) is 0 Å². The third-order valence-corrected chi connectivity index (χ3v) is 1.18. The van der Waals surface area contributed by atoms with Gasteiger partial charge in [0.1, 0.15) is 5.78 Å². The Balaban J connectivity index is 0.000000490. The van der Waals surface area contributed by atoms with Crippen molar-refractivity contribution in [3.63, 3.8) is 0 Å². The number of halogens is 1. The molecule has 1 fully saturated rings. The summed E-state index contributed by atoms with van der Waals surface area (Å²) in [6.07, 6.45) is 0.722. The quantitative estimate of drug-likeness (QED) is 0.520. The van der Waals surface area contributed by atoms with Crippen molar-refractivity contribution in [3.05, 3.63) is 0 Å². The zero-order valence-electron chi connectivity index (χ0n) is 4.81. The van der Waals surface area contributed by atoms with Gasteiger partial charge in [0.25, 0.3) is 0 Å². The Hall–Kier alpha value is -0.0800. The minimum absolute atomic E-state index is 0. The smallest absolute Gasteiger partial charge is 0.148 e. The lowest BCUT2D eigenvalue weighted by molar-refractivity contribution is -0.116. The van der Waals surface area contributed by atoms with E-state index in [-0.39, 0.29) is 12.4 Å². The van der Waals surface area contributed by atoms with Crippen molar-refractivity contribution in [2.24, 2.45) is 0 Å². The van der Waals surface area contributed by atoms with Gasteiger partial charge in [0.05, 0.1) is 6.54 Å². The second-order valence-electron chi connectivity index (χ2n) is 2.02. The monoisotopic (exact) mass is 135 g/mol. The van der Waals surface area contributed by atoms with Crippen LogP contribution >= 0.6 is 12.4 Å². The Morgan fingerprint density at radius 1 is 1.75 bits per heavy atom. The fourth-order valence-corrected chi connectivity index (χ4v) is 0.774. The maximum Gasteiger partial charge on any atom is 0.148 e. The molecule has 3 heteroatoms. The van der Waals surface area contributed by atoms with Gasteiger partial charge in [0.2, 0.25) is 0 Å². The van der Waals surface area contributed by atoms with Gasteiger partial charge in [-0.2, -0.15) is 0 Å². The molecule has 8 heavy (non-hydrogen) atoms. The van der Waals surface area contributed by atoms with Gasteiger partial charge < -0.3 is 5.32 Å². The lowest BCUT2D eigenvalue weighted by Gasteiger charge is -1.93. The van der Waals surface area contributed by atoms with Gasteiger partial charge in [-0.1, -0.05) is 0 Å². The molecule has 0 unspecified atom stereocenters. The molecule has 0 radical (unpaired) electrons. The first kappa shape index (κ1) is 7.92. The molecule has 1 atom stereocenters. The summed E-state index contributed by atoms with van der Waals surface area (Å²) < 4.78 is 0. The average molecular weight is 136 g/mol. The Labute approximate surface area is 55.1 Å². The summed E-state index contributed by atoms with van der Waals surface area (Å²) in [5.41, 5.74) is 0. The zero-order chi connectivity index (χ0) is 5.28. The standard InChI is InChI=1S/C5H9NO.ClH/c1-4-2-5(7)3-6-4;/h4,6H,2-3H2,1H3;1H/t4-;/m0./s1. The van der Waals surface area contributed by atoms with Crippen molar-refractivity contribution >= 4 is 18.2 Å². The number of rotatable bonds is 0. The predicted molar refractivity (Wildman–Crippen MR) is 34.3 cm³/mol. The fourth-order valence-electron chi connectivity index (χ4n) is 0.774. The fraction of sp³-hybridized carbons (Fsp3) is 0.800. The van der Waals surface area contributed by atoms with Crippen LogP contribution < -0.4 is 5.32 Å².